The summed E-state index contributed by atoms with van der Waals surface area (Å²) in [5.41, 5.74) is 1.28. The molecule has 1 N–H and O–H groups in total. The molecule has 1 atom stereocenters. The fourth-order valence-corrected chi connectivity index (χ4v) is 3.17. The van der Waals surface area contributed by atoms with E-state index in [4.69, 9.17) is 4.74 Å². The molecule has 27 heavy (non-hydrogen) atoms. The third kappa shape index (κ3) is 5.48. The number of nitrogens with one attached hydrogen (secondary N) is 1. The molecular formula is C20H27N5O2. The van der Waals surface area contributed by atoms with E-state index in [1.54, 1.807) is 18.5 Å². The Kier molecular flexibility index (Phi) is 6.73. The number of carbonyl (C=O) groups is 1. The fraction of sp³-hybridized carbons (Fsp3) is 0.450. The molecule has 0 bridgehead atoms. The third-order valence-corrected chi connectivity index (χ3v) is 4.78. The summed E-state index contributed by atoms with van der Waals surface area (Å²) >= 11 is 0. The van der Waals surface area contributed by atoms with Crippen molar-refractivity contribution in [3.05, 3.63) is 48.3 Å². The van der Waals surface area contributed by atoms with Crippen LogP contribution in [0.1, 0.15) is 19.4 Å². The Hall–Kier alpha value is -2.51. The van der Waals surface area contributed by atoms with Crippen molar-refractivity contribution in [3.8, 4) is 5.75 Å². The van der Waals surface area contributed by atoms with Crippen LogP contribution in [0, 0.1) is 0 Å². The van der Waals surface area contributed by atoms with Crippen LogP contribution in [-0.4, -0.2) is 64.5 Å². The van der Waals surface area contributed by atoms with Crippen LogP contribution >= 0.6 is 0 Å². The number of hydrogen-bond donors (Lipinski definition) is 1. The highest BCUT2D eigenvalue weighted by molar-refractivity contribution is 5.93. The Morgan fingerprint density at radius 2 is 1.81 bits per heavy atom. The van der Waals surface area contributed by atoms with Gasteiger partial charge in [-0.05, 0) is 37.6 Å². The van der Waals surface area contributed by atoms with Crippen molar-refractivity contribution in [1.29, 1.82) is 0 Å². The molecule has 0 aliphatic carbocycles. The van der Waals surface area contributed by atoms with E-state index in [9.17, 15) is 4.79 Å². The summed E-state index contributed by atoms with van der Waals surface area (Å²) in [6.07, 6.45) is 3.24. The second-order valence-electron chi connectivity index (χ2n) is 6.63. The minimum atomic E-state index is -0.207. The first-order chi connectivity index (χ1) is 13.2. The van der Waals surface area contributed by atoms with Gasteiger partial charge < -0.3 is 4.74 Å². The highest BCUT2D eigenvalue weighted by Gasteiger charge is 2.26. The minimum absolute atomic E-state index is 0.0684. The third-order valence-electron chi connectivity index (χ3n) is 4.78. The number of ether oxygens (including phenoxy) is 1. The van der Waals surface area contributed by atoms with Crippen LogP contribution in [-0.2, 0) is 11.3 Å². The average Bonchev–Trinajstić information content (AvgIpc) is 2.70. The first kappa shape index (κ1) is 19.3. The van der Waals surface area contributed by atoms with Crippen molar-refractivity contribution in [2.24, 2.45) is 0 Å². The van der Waals surface area contributed by atoms with Gasteiger partial charge in [-0.15, -0.1) is 0 Å². The van der Waals surface area contributed by atoms with Gasteiger partial charge in [0.25, 0.3) is 0 Å². The van der Waals surface area contributed by atoms with Crippen molar-refractivity contribution in [2.45, 2.75) is 26.4 Å². The van der Waals surface area contributed by atoms with Crippen molar-refractivity contribution >= 4 is 11.9 Å². The largest absolute Gasteiger partial charge is 0.494 e. The van der Waals surface area contributed by atoms with Crippen molar-refractivity contribution < 1.29 is 9.53 Å². The maximum atomic E-state index is 12.4. The molecule has 1 fully saturated rings. The van der Waals surface area contributed by atoms with Crippen LogP contribution in [0.25, 0.3) is 0 Å². The van der Waals surface area contributed by atoms with Gasteiger partial charge in [-0.25, -0.2) is 9.97 Å². The molecule has 0 radical (unpaired) electrons. The summed E-state index contributed by atoms with van der Waals surface area (Å²) in [5.74, 6) is 1.19. The quantitative estimate of drug-likeness (QED) is 0.805. The zero-order chi connectivity index (χ0) is 19.1. The van der Waals surface area contributed by atoms with E-state index in [1.807, 2.05) is 26.0 Å². The van der Waals surface area contributed by atoms with Crippen molar-refractivity contribution in [1.82, 2.24) is 19.8 Å². The lowest BCUT2D eigenvalue weighted by molar-refractivity contribution is -0.121. The highest BCUT2D eigenvalue weighted by atomic mass is 16.5. The predicted octanol–water partition coefficient (Wildman–Crippen LogP) is 2.02. The lowest BCUT2D eigenvalue weighted by Crippen LogP contribution is -2.52. The zero-order valence-electron chi connectivity index (χ0n) is 16.0. The molecular weight excluding hydrogens is 342 g/mol. The molecule has 1 amide bonds. The number of aromatic nitrogens is 2. The zero-order valence-corrected chi connectivity index (χ0v) is 16.0. The van der Waals surface area contributed by atoms with E-state index in [0.717, 1.165) is 38.5 Å². The van der Waals surface area contributed by atoms with Crippen LogP contribution in [0.4, 0.5) is 5.95 Å². The summed E-state index contributed by atoms with van der Waals surface area (Å²) in [6, 6.07) is 9.80. The smallest absolute Gasteiger partial charge is 0.243 e. The van der Waals surface area contributed by atoms with Gasteiger partial charge >= 0.3 is 0 Å². The van der Waals surface area contributed by atoms with E-state index in [-0.39, 0.29) is 11.9 Å². The maximum absolute atomic E-state index is 12.4. The summed E-state index contributed by atoms with van der Waals surface area (Å²) in [7, 11) is 0. The second kappa shape index (κ2) is 9.43. The van der Waals surface area contributed by atoms with Gasteiger partial charge in [0.2, 0.25) is 11.9 Å². The van der Waals surface area contributed by atoms with Crippen LogP contribution in [0.3, 0.4) is 0 Å². The molecule has 7 nitrogen and oxygen atoms in total. The lowest BCUT2D eigenvalue weighted by Gasteiger charge is -2.37. The van der Waals surface area contributed by atoms with Crippen molar-refractivity contribution in [2.75, 3.05) is 38.1 Å². The first-order valence-corrected chi connectivity index (χ1v) is 9.41. The number of amides is 1. The van der Waals surface area contributed by atoms with Gasteiger partial charge in [0.05, 0.1) is 12.6 Å². The molecule has 1 aliphatic heterocycles. The van der Waals surface area contributed by atoms with Crippen LogP contribution in [0.5, 0.6) is 5.75 Å². The van der Waals surface area contributed by atoms with Gasteiger partial charge in [0.15, 0.2) is 0 Å². The molecule has 2 heterocycles. The standard InChI is InChI=1S/C20H27N5O2/c1-3-27-18-7-5-17(6-8-18)15-24-11-13-25(14-12-24)16(2)19(26)23-20-21-9-4-10-22-20/h4-10,16H,3,11-15H2,1-2H3,(H,21,22,23,26)/t16-/m1/s1. The van der Waals surface area contributed by atoms with Crippen LogP contribution in [0.2, 0.25) is 0 Å². The predicted molar refractivity (Wildman–Crippen MR) is 105 cm³/mol. The summed E-state index contributed by atoms with van der Waals surface area (Å²) in [5, 5.41) is 2.78. The number of anilines is 1. The monoisotopic (exact) mass is 369 g/mol. The van der Waals surface area contributed by atoms with E-state index < -0.39 is 0 Å². The number of carbonyl (C=O) groups excluding carboxylic acids is 1. The van der Waals surface area contributed by atoms with E-state index >= 15 is 0 Å². The lowest BCUT2D eigenvalue weighted by atomic mass is 10.1. The number of nitrogens with zero attached hydrogens (tertiary/aromatic N) is 4. The second-order valence-corrected chi connectivity index (χ2v) is 6.63. The molecule has 0 saturated carbocycles. The molecule has 7 heteroatoms. The van der Waals surface area contributed by atoms with Gasteiger partial charge in [-0.2, -0.15) is 0 Å². The fourth-order valence-electron chi connectivity index (χ4n) is 3.17. The number of rotatable bonds is 7. The first-order valence-electron chi connectivity index (χ1n) is 9.41. The Balaban J connectivity index is 1.45. The Morgan fingerprint density at radius 3 is 2.44 bits per heavy atom. The molecule has 0 unspecified atom stereocenters. The topological polar surface area (TPSA) is 70.6 Å². The van der Waals surface area contributed by atoms with Gasteiger partial charge in [-0.1, -0.05) is 12.1 Å². The summed E-state index contributed by atoms with van der Waals surface area (Å²) < 4.78 is 5.49. The van der Waals surface area contributed by atoms with Crippen LogP contribution < -0.4 is 10.1 Å². The van der Waals surface area contributed by atoms with Gasteiger partial charge in [-0.3, -0.25) is 19.9 Å². The van der Waals surface area contributed by atoms with Gasteiger partial charge in [0, 0.05) is 45.1 Å². The van der Waals surface area contributed by atoms with E-state index in [0.29, 0.717) is 12.6 Å². The van der Waals surface area contributed by atoms with E-state index in [1.165, 1.54) is 5.56 Å². The SMILES string of the molecule is CCOc1ccc(CN2CCN([C@H](C)C(=O)Nc3ncccn3)CC2)cc1. The van der Waals surface area contributed by atoms with E-state index in [2.05, 4.69) is 37.2 Å². The Labute approximate surface area is 160 Å². The Morgan fingerprint density at radius 1 is 1.15 bits per heavy atom. The normalized spacial score (nSPS) is 16.7. The number of benzene rings is 1. The molecule has 144 valence electrons. The summed E-state index contributed by atoms with van der Waals surface area (Å²) in [4.78, 5) is 25.1. The molecule has 1 aromatic carbocycles. The number of piperazine rings is 1. The minimum Gasteiger partial charge on any atom is -0.494 e. The van der Waals surface area contributed by atoms with Crippen molar-refractivity contribution in [3.63, 3.8) is 0 Å². The van der Waals surface area contributed by atoms with Crippen LogP contribution in [0.15, 0.2) is 42.7 Å². The molecule has 0 spiro atoms. The Bertz CT molecular complexity index is 715. The highest BCUT2D eigenvalue weighted by Crippen LogP contribution is 2.15. The number of hydrogen-bond acceptors (Lipinski definition) is 6. The molecule has 1 saturated heterocycles. The van der Waals surface area contributed by atoms with Gasteiger partial charge in [0.1, 0.15) is 5.75 Å². The molecule has 1 aromatic heterocycles. The molecule has 1 aliphatic rings. The maximum Gasteiger partial charge on any atom is 0.243 e. The summed E-state index contributed by atoms with van der Waals surface area (Å²) in [6.45, 7) is 9.12. The molecule has 2 aromatic rings. The molecule has 3 rings (SSSR count). The average molecular weight is 369 g/mol.